The van der Waals surface area contributed by atoms with Crippen LogP contribution in [0.1, 0.15) is 42.6 Å². The molecule has 0 unspecified atom stereocenters. The van der Waals surface area contributed by atoms with Crippen LogP contribution in [-0.2, 0) is 11.3 Å². The maximum Gasteiger partial charge on any atom is 0.255 e. The first-order chi connectivity index (χ1) is 11.2. The maximum atomic E-state index is 13.0. The van der Waals surface area contributed by atoms with Crippen LogP contribution in [-0.4, -0.2) is 33.7 Å². The van der Waals surface area contributed by atoms with Crippen molar-refractivity contribution in [1.29, 1.82) is 0 Å². The highest BCUT2D eigenvalue weighted by Crippen LogP contribution is 2.38. The van der Waals surface area contributed by atoms with Crippen molar-refractivity contribution < 1.29 is 13.7 Å². The van der Waals surface area contributed by atoms with Crippen LogP contribution in [0.4, 0.5) is 4.39 Å². The zero-order valence-corrected chi connectivity index (χ0v) is 13.1. The van der Waals surface area contributed by atoms with Crippen LogP contribution in [0.5, 0.6) is 0 Å². The zero-order chi connectivity index (χ0) is 15.8. The van der Waals surface area contributed by atoms with Gasteiger partial charge in [-0.1, -0.05) is 17.3 Å². The number of aryl methyl sites for hydroxylation is 1. The number of nitrogens with zero attached hydrogens (tertiary/aromatic N) is 3. The van der Waals surface area contributed by atoms with Crippen molar-refractivity contribution in [1.82, 2.24) is 15.0 Å². The van der Waals surface area contributed by atoms with Gasteiger partial charge in [0, 0.05) is 19.1 Å². The van der Waals surface area contributed by atoms with E-state index in [-0.39, 0.29) is 18.0 Å². The molecule has 0 amide bonds. The zero-order valence-electron chi connectivity index (χ0n) is 13.1. The third-order valence-corrected chi connectivity index (χ3v) is 4.78. The van der Waals surface area contributed by atoms with E-state index in [1.807, 2.05) is 19.1 Å². The SMILES string of the molecule is Cc1noc([C@@H]2CC[C@H]3[C@H](CCN3Cc3ccc(F)cc3)O2)n1. The molecule has 0 N–H and O–H groups in total. The highest BCUT2D eigenvalue weighted by atomic mass is 19.1. The van der Waals surface area contributed by atoms with Gasteiger partial charge in [0.25, 0.3) is 5.89 Å². The molecule has 2 saturated heterocycles. The largest absolute Gasteiger partial charge is 0.363 e. The van der Waals surface area contributed by atoms with E-state index in [1.165, 1.54) is 12.1 Å². The van der Waals surface area contributed by atoms with Gasteiger partial charge in [0.1, 0.15) is 11.9 Å². The summed E-state index contributed by atoms with van der Waals surface area (Å²) in [6, 6.07) is 7.18. The van der Waals surface area contributed by atoms with Gasteiger partial charge in [-0.25, -0.2) is 4.39 Å². The van der Waals surface area contributed by atoms with Crippen molar-refractivity contribution in [2.24, 2.45) is 0 Å². The van der Waals surface area contributed by atoms with Crippen molar-refractivity contribution in [2.45, 2.75) is 51.0 Å². The number of aromatic nitrogens is 2. The Labute approximate surface area is 134 Å². The fourth-order valence-corrected chi connectivity index (χ4v) is 3.66. The van der Waals surface area contributed by atoms with Gasteiger partial charge in [-0.2, -0.15) is 4.98 Å². The summed E-state index contributed by atoms with van der Waals surface area (Å²) in [5, 5.41) is 3.85. The standard InChI is InChI=1S/C17H20FN3O2/c1-11-19-17(23-20-11)16-7-6-14-15(22-16)8-9-21(14)10-12-2-4-13(18)5-3-12/h2-5,14-16H,6-10H2,1H3/t14-,15-,16-/m0/s1. The summed E-state index contributed by atoms with van der Waals surface area (Å²) in [5.41, 5.74) is 1.14. The fraction of sp³-hybridized carbons (Fsp3) is 0.529. The summed E-state index contributed by atoms with van der Waals surface area (Å²) in [6.45, 7) is 3.66. The van der Waals surface area contributed by atoms with E-state index in [9.17, 15) is 4.39 Å². The van der Waals surface area contributed by atoms with Crippen LogP contribution in [0.3, 0.4) is 0 Å². The molecule has 2 aromatic rings. The molecule has 0 aliphatic carbocycles. The third-order valence-electron chi connectivity index (χ3n) is 4.78. The number of ether oxygens (including phenoxy) is 1. The Morgan fingerprint density at radius 3 is 2.78 bits per heavy atom. The minimum Gasteiger partial charge on any atom is -0.363 e. The second kappa shape index (κ2) is 6.02. The number of likely N-dealkylation sites (tertiary alicyclic amines) is 1. The van der Waals surface area contributed by atoms with Crippen molar-refractivity contribution in [3.05, 3.63) is 47.4 Å². The van der Waals surface area contributed by atoms with E-state index in [2.05, 4.69) is 15.0 Å². The Hall–Kier alpha value is -1.79. The van der Waals surface area contributed by atoms with Crippen molar-refractivity contribution in [2.75, 3.05) is 6.54 Å². The molecule has 6 heteroatoms. The highest BCUT2D eigenvalue weighted by molar-refractivity contribution is 5.16. The number of rotatable bonds is 3. The van der Waals surface area contributed by atoms with Crippen LogP contribution in [0.25, 0.3) is 0 Å². The molecular formula is C17H20FN3O2. The average Bonchev–Trinajstić information content (AvgIpc) is 3.16. The van der Waals surface area contributed by atoms with Crippen molar-refractivity contribution >= 4 is 0 Å². The van der Waals surface area contributed by atoms with Crippen LogP contribution < -0.4 is 0 Å². The van der Waals surface area contributed by atoms with E-state index in [0.717, 1.165) is 37.9 Å². The normalized spacial score (nSPS) is 28.0. The molecule has 3 heterocycles. The van der Waals surface area contributed by atoms with Gasteiger partial charge < -0.3 is 9.26 Å². The number of hydrogen-bond acceptors (Lipinski definition) is 5. The summed E-state index contributed by atoms with van der Waals surface area (Å²) in [6.07, 6.45) is 3.08. The van der Waals surface area contributed by atoms with E-state index in [1.54, 1.807) is 0 Å². The van der Waals surface area contributed by atoms with E-state index in [4.69, 9.17) is 9.26 Å². The number of benzene rings is 1. The van der Waals surface area contributed by atoms with Gasteiger partial charge in [0.05, 0.1) is 6.10 Å². The van der Waals surface area contributed by atoms with Crippen molar-refractivity contribution in [3.63, 3.8) is 0 Å². The Morgan fingerprint density at radius 2 is 2.04 bits per heavy atom. The van der Waals surface area contributed by atoms with E-state index < -0.39 is 0 Å². The van der Waals surface area contributed by atoms with Crippen molar-refractivity contribution in [3.8, 4) is 0 Å². The molecule has 2 aliphatic heterocycles. The number of halogens is 1. The van der Waals surface area contributed by atoms with Crippen LogP contribution in [0, 0.1) is 12.7 Å². The summed E-state index contributed by atoms with van der Waals surface area (Å²) < 4.78 is 24.5. The van der Waals surface area contributed by atoms with Gasteiger partial charge >= 0.3 is 0 Å². The third kappa shape index (κ3) is 3.01. The molecule has 1 aromatic heterocycles. The van der Waals surface area contributed by atoms with Crippen LogP contribution in [0.2, 0.25) is 0 Å². The lowest BCUT2D eigenvalue weighted by Gasteiger charge is -2.34. The first-order valence-corrected chi connectivity index (χ1v) is 8.13. The highest BCUT2D eigenvalue weighted by Gasteiger charge is 2.41. The fourth-order valence-electron chi connectivity index (χ4n) is 3.66. The minimum absolute atomic E-state index is 0.0804. The lowest BCUT2D eigenvalue weighted by Crippen LogP contribution is -2.40. The predicted octanol–water partition coefficient (Wildman–Crippen LogP) is 3.01. The van der Waals surface area contributed by atoms with Crippen LogP contribution >= 0.6 is 0 Å². The molecule has 3 atom stereocenters. The molecule has 4 rings (SSSR count). The lowest BCUT2D eigenvalue weighted by molar-refractivity contribution is -0.0831. The van der Waals surface area contributed by atoms with E-state index >= 15 is 0 Å². The molecule has 0 spiro atoms. The average molecular weight is 317 g/mol. The monoisotopic (exact) mass is 317 g/mol. The predicted molar refractivity (Wildman–Crippen MR) is 81.1 cm³/mol. The molecule has 2 fully saturated rings. The summed E-state index contributed by atoms with van der Waals surface area (Å²) in [7, 11) is 0. The Morgan fingerprint density at radius 1 is 1.22 bits per heavy atom. The van der Waals surface area contributed by atoms with Gasteiger partial charge in [0.2, 0.25) is 0 Å². The second-order valence-electron chi connectivity index (χ2n) is 6.37. The molecule has 0 bridgehead atoms. The first kappa shape index (κ1) is 14.8. The van der Waals surface area contributed by atoms with Gasteiger partial charge in [-0.15, -0.1) is 0 Å². The summed E-state index contributed by atoms with van der Waals surface area (Å²) in [4.78, 5) is 6.73. The van der Waals surface area contributed by atoms with Gasteiger partial charge in [-0.3, -0.25) is 4.90 Å². The smallest absolute Gasteiger partial charge is 0.255 e. The molecule has 2 aliphatic rings. The molecule has 5 nitrogen and oxygen atoms in total. The molecule has 1 aromatic carbocycles. The lowest BCUT2D eigenvalue weighted by atomic mass is 9.98. The Balaban J connectivity index is 1.41. The van der Waals surface area contributed by atoms with Gasteiger partial charge in [0.15, 0.2) is 5.82 Å². The molecule has 0 saturated carbocycles. The molecule has 122 valence electrons. The maximum absolute atomic E-state index is 13.0. The van der Waals surface area contributed by atoms with Crippen LogP contribution in [0.15, 0.2) is 28.8 Å². The van der Waals surface area contributed by atoms with E-state index in [0.29, 0.717) is 17.8 Å². The Kier molecular flexibility index (Phi) is 3.87. The summed E-state index contributed by atoms with van der Waals surface area (Å²) in [5.74, 6) is 1.06. The second-order valence-corrected chi connectivity index (χ2v) is 6.37. The Bertz CT molecular complexity index is 673. The minimum atomic E-state index is -0.188. The first-order valence-electron chi connectivity index (χ1n) is 8.13. The summed E-state index contributed by atoms with van der Waals surface area (Å²) >= 11 is 0. The number of hydrogen-bond donors (Lipinski definition) is 0. The molecular weight excluding hydrogens is 297 g/mol. The molecule has 23 heavy (non-hydrogen) atoms. The topological polar surface area (TPSA) is 51.4 Å². The van der Waals surface area contributed by atoms with Gasteiger partial charge in [-0.05, 0) is 43.9 Å². The number of fused-ring (bicyclic) bond motifs is 1. The molecule has 0 radical (unpaired) electrons. The quantitative estimate of drug-likeness (QED) is 0.871.